The third-order valence-corrected chi connectivity index (χ3v) is 2.81. The van der Waals surface area contributed by atoms with Crippen LogP contribution in [0.5, 0.6) is 0 Å². The smallest absolute Gasteiger partial charge is 0.304 e. The van der Waals surface area contributed by atoms with Crippen LogP contribution < -0.4 is 0 Å². The van der Waals surface area contributed by atoms with E-state index in [-0.39, 0.29) is 12.0 Å². The molecule has 0 saturated carbocycles. The van der Waals surface area contributed by atoms with Crippen LogP contribution in [0.3, 0.4) is 0 Å². The summed E-state index contributed by atoms with van der Waals surface area (Å²) in [4.78, 5) is 0. The van der Waals surface area contributed by atoms with Crippen LogP contribution in [0.1, 0.15) is 32.6 Å². The highest BCUT2D eigenvalue weighted by Gasteiger charge is 2.08. The lowest BCUT2D eigenvalue weighted by Gasteiger charge is -2.08. The van der Waals surface area contributed by atoms with E-state index in [0.717, 1.165) is 12.8 Å². The molecule has 0 N–H and O–H groups in total. The molecule has 0 rings (SSSR count). The fraction of sp³-hybridized carbons (Fsp3) is 1.00. The monoisotopic (exact) mass is 272 g/mol. The van der Waals surface area contributed by atoms with Crippen LogP contribution in [0, 0.1) is 0 Å². The van der Waals surface area contributed by atoms with Gasteiger partial charge in [0.15, 0.2) is 0 Å². The lowest BCUT2D eigenvalue weighted by atomic mass is 10.2. The van der Waals surface area contributed by atoms with Crippen LogP contribution in [0.15, 0.2) is 0 Å². The molecule has 0 spiro atoms. The predicted molar refractivity (Wildman–Crippen MR) is 65.7 cm³/mol. The Hall–Kier alpha value is 0.320. The standard InChI is InChI=1S/C10H21ClO4S/c1-3-4-5-6-7-14-16(12)15-9-10(11)8-13-2/h10H,3-9H2,1-2H3. The molecular formula is C10H21ClO4S. The highest BCUT2D eigenvalue weighted by Crippen LogP contribution is 2.02. The Balaban J connectivity index is 3.30. The lowest BCUT2D eigenvalue weighted by Crippen LogP contribution is -2.17. The third kappa shape index (κ3) is 10.8. The fourth-order valence-electron chi connectivity index (χ4n) is 1.05. The lowest BCUT2D eigenvalue weighted by molar-refractivity contribution is 0.171. The summed E-state index contributed by atoms with van der Waals surface area (Å²) >= 11 is 4.10. The maximum Gasteiger partial charge on any atom is 0.304 e. The van der Waals surface area contributed by atoms with Crippen molar-refractivity contribution in [2.24, 2.45) is 0 Å². The molecule has 0 heterocycles. The maximum absolute atomic E-state index is 11.2. The van der Waals surface area contributed by atoms with Gasteiger partial charge < -0.3 is 4.74 Å². The molecule has 0 aromatic carbocycles. The van der Waals surface area contributed by atoms with E-state index < -0.39 is 11.4 Å². The molecule has 16 heavy (non-hydrogen) atoms. The number of hydrogen-bond donors (Lipinski definition) is 0. The molecule has 0 radical (unpaired) electrons. The van der Waals surface area contributed by atoms with Gasteiger partial charge in [-0.15, -0.1) is 11.6 Å². The first-order valence-corrected chi connectivity index (χ1v) is 6.95. The summed E-state index contributed by atoms with van der Waals surface area (Å²) in [6.45, 7) is 3.13. The van der Waals surface area contributed by atoms with Gasteiger partial charge in [0, 0.05) is 7.11 Å². The molecular weight excluding hydrogens is 252 g/mol. The van der Waals surface area contributed by atoms with Gasteiger partial charge in [-0.25, -0.2) is 0 Å². The third-order valence-electron chi connectivity index (χ3n) is 1.87. The normalized spacial score (nSPS) is 14.9. The summed E-state index contributed by atoms with van der Waals surface area (Å²) in [5.74, 6) is 0. The molecule has 0 aromatic heterocycles. The molecule has 2 unspecified atom stereocenters. The van der Waals surface area contributed by atoms with Crippen molar-refractivity contribution in [3.05, 3.63) is 0 Å². The van der Waals surface area contributed by atoms with Crippen LogP contribution in [-0.4, -0.2) is 36.5 Å². The van der Waals surface area contributed by atoms with Gasteiger partial charge in [-0.2, -0.15) is 4.21 Å². The van der Waals surface area contributed by atoms with Crippen LogP contribution in [-0.2, 0) is 24.5 Å². The highest BCUT2D eigenvalue weighted by atomic mass is 35.5. The van der Waals surface area contributed by atoms with Crippen LogP contribution in [0.2, 0.25) is 0 Å². The van der Waals surface area contributed by atoms with Crippen molar-refractivity contribution in [3.63, 3.8) is 0 Å². The summed E-state index contributed by atoms with van der Waals surface area (Å²) in [6, 6.07) is 0. The van der Waals surface area contributed by atoms with E-state index in [1.807, 2.05) is 0 Å². The van der Waals surface area contributed by atoms with Gasteiger partial charge in [-0.3, -0.25) is 8.37 Å². The zero-order valence-electron chi connectivity index (χ0n) is 9.95. The summed E-state index contributed by atoms with van der Waals surface area (Å²) in [5, 5.41) is -0.294. The molecule has 4 nitrogen and oxygen atoms in total. The number of halogens is 1. The number of alkyl halides is 1. The van der Waals surface area contributed by atoms with Gasteiger partial charge in [0.2, 0.25) is 0 Å². The number of rotatable bonds is 11. The topological polar surface area (TPSA) is 44.8 Å². The Morgan fingerprint density at radius 1 is 1.19 bits per heavy atom. The summed E-state index contributed by atoms with van der Waals surface area (Å²) in [5.41, 5.74) is 0. The number of unbranched alkanes of at least 4 members (excludes halogenated alkanes) is 3. The zero-order valence-corrected chi connectivity index (χ0v) is 11.5. The average molecular weight is 273 g/mol. The predicted octanol–water partition coefficient (Wildman–Crippen LogP) is 2.43. The molecule has 2 atom stereocenters. The largest absolute Gasteiger partial charge is 0.383 e. The van der Waals surface area contributed by atoms with E-state index in [1.165, 1.54) is 12.8 Å². The Labute approximate surface area is 105 Å². The van der Waals surface area contributed by atoms with Crippen molar-refractivity contribution in [1.29, 1.82) is 0 Å². The first-order chi connectivity index (χ1) is 7.70. The minimum atomic E-state index is -1.69. The van der Waals surface area contributed by atoms with Crippen molar-refractivity contribution in [3.8, 4) is 0 Å². The molecule has 0 aliphatic rings. The fourth-order valence-corrected chi connectivity index (χ4v) is 1.91. The Bertz CT molecular complexity index is 180. The van der Waals surface area contributed by atoms with E-state index >= 15 is 0 Å². The van der Waals surface area contributed by atoms with Crippen molar-refractivity contribution in [2.75, 3.05) is 26.9 Å². The van der Waals surface area contributed by atoms with Gasteiger partial charge in [-0.05, 0) is 6.42 Å². The Kier molecular flexibility index (Phi) is 12.0. The second kappa shape index (κ2) is 11.8. The Morgan fingerprint density at radius 2 is 1.94 bits per heavy atom. The van der Waals surface area contributed by atoms with Gasteiger partial charge in [0.25, 0.3) is 0 Å². The van der Waals surface area contributed by atoms with Crippen molar-refractivity contribution in [1.82, 2.24) is 0 Å². The second-order valence-electron chi connectivity index (χ2n) is 3.42. The van der Waals surface area contributed by atoms with Gasteiger partial charge in [0.1, 0.15) is 0 Å². The van der Waals surface area contributed by atoms with Crippen LogP contribution in [0.25, 0.3) is 0 Å². The summed E-state index contributed by atoms with van der Waals surface area (Å²) < 4.78 is 25.8. The molecule has 6 heteroatoms. The molecule has 0 amide bonds. The molecule has 0 bridgehead atoms. The molecule has 0 aliphatic heterocycles. The van der Waals surface area contributed by atoms with E-state index in [4.69, 9.17) is 24.7 Å². The number of methoxy groups -OCH3 is 1. The zero-order chi connectivity index (χ0) is 12.2. The summed E-state index contributed by atoms with van der Waals surface area (Å²) in [6.07, 6.45) is 4.35. The van der Waals surface area contributed by atoms with Gasteiger partial charge >= 0.3 is 11.4 Å². The van der Waals surface area contributed by atoms with Crippen molar-refractivity contribution >= 4 is 23.0 Å². The first kappa shape index (κ1) is 16.3. The van der Waals surface area contributed by atoms with E-state index in [1.54, 1.807) is 7.11 Å². The molecule has 0 fully saturated rings. The SMILES string of the molecule is CCCCCCOS(=O)OCC(Cl)COC. The minimum Gasteiger partial charge on any atom is -0.383 e. The van der Waals surface area contributed by atoms with Crippen LogP contribution >= 0.6 is 11.6 Å². The van der Waals surface area contributed by atoms with Gasteiger partial charge in [0.05, 0.1) is 25.2 Å². The Morgan fingerprint density at radius 3 is 2.56 bits per heavy atom. The maximum atomic E-state index is 11.2. The molecule has 0 saturated heterocycles. The van der Waals surface area contributed by atoms with Crippen LogP contribution in [0.4, 0.5) is 0 Å². The minimum absolute atomic E-state index is 0.164. The number of hydrogen-bond acceptors (Lipinski definition) is 4. The molecule has 0 aliphatic carbocycles. The van der Waals surface area contributed by atoms with Gasteiger partial charge in [-0.1, -0.05) is 26.2 Å². The van der Waals surface area contributed by atoms with Crippen molar-refractivity contribution in [2.45, 2.75) is 38.0 Å². The first-order valence-electron chi connectivity index (χ1n) is 5.52. The quantitative estimate of drug-likeness (QED) is 0.428. The van der Waals surface area contributed by atoms with E-state index in [9.17, 15) is 4.21 Å². The average Bonchev–Trinajstić information content (AvgIpc) is 2.26. The summed E-state index contributed by atoms with van der Waals surface area (Å²) in [7, 11) is 1.55. The number of ether oxygens (including phenoxy) is 1. The molecule has 98 valence electrons. The van der Waals surface area contributed by atoms with Crippen molar-refractivity contribution < 1.29 is 17.3 Å². The van der Waals surface area contributed by atoms with E-state index in [2.05, 4.69) is 6.92 Å². The van der Waals surface area contributed by atoms with E-state index in [0.29, 0.717) is 13.2 Å². The highest BCUT2D eigenvalue weighted by molar-refractivity contribution is 7.75. The second-order valence-corrected chi connectivity index (χ2v) is 4.92. The molecule has 0 aromatic rings.